The zero-order valence-corrected chi connectivity index (χ0v) is 12.2. The lowest BCUT2D eigenvalue weighted by molar-refractivity contribution is 0.370. The Morgan fingerprint density at radius 1 is 1.37 bits per heavy atom. The van der Waals surface area contributed by atoms with Gasteiger partial charge in [-0.05, 0) is 6.07 Å². The molecule has 0 atom stereocenters. The van der Waals surface area contributed by atoms with Crippen LogP contribution in [0, 0.1) is 0 Å². The molecule has 108 valence electrons. The van der Waals surface area contributed by atoms with Gasteiger partial charge >= 0.3 is 0 Å². The Kier molecular flexibility index (Phi) is 5.59. The van der Waals surface area contributed by atoms with Crippen LogP contribution in [0.2, 0.25) is 0 Å². The van der Waals surface area contributed by atoms with Gasteiger partial charge in [-0.15, -0.1) is 0 Å². The van der Waals surface area contributed by atoms with Crippen molar-refractivity contribution in [2.45, 2.75) is 6.54 Å². The van der Waals surface area contributed by atoms with E-state index in [1.54, 1.807) is 18.2 Å². The van der Waals surface area contributed by atoms with Crippen molar-refractivity contribution < 1.29 is 18.3 Å². The Labute approximate surface area is 114 Å². The lowest BCUT2D eigenvalue weighted by Crippen LogP contribution is -2.31. The molecule has 0 spiro atoms. The van der Waals surface area contributed by atoms with E-state index in [1.807, 2.05) is 0 Å². The molecule has 6 nitrogen and oxygen atoms in total. The molecule has 2 N–H and O–H groups in total. The molecule has 0 radical (unpaired) electrons. The summed E-state index contributed by atoms with van der Waals surface area (Å²) in [5.74, 6) is 0.498. The molecule has 19 heavy (non-hydrogen) atoms. The first-order valence-electron chi connectivity index (χ1n) is 5.84. The zero-order chi connectivity index (χ0) is 14.5. The number of nitrogens with zero attached hydrogens (tertiary/aromatic N) is 1. The molecule has 0 bridgehead atoms. The molecule has 0 aliphatic rings. The molecular weight excluding hydrogens is 268 g/mol. The van der Waals surface area contributed by atoms with Crippen molar-refractivity contribution in [2.75, 3.05) is 33.5 Å². The third-order valence-corrected chi connectivity index (χ3v) is 4.54. The summed E-state index contributed by atoms with van der Waals surface area (Å²) in [5.41, 5.74) is 0.668. The third kappa shape index (κ3) is 4.38. The predicted molar refractivity (Wildman–Crippen MR) is 73.8 cm³/mol. The van der Waals surface area contributed by atoms with Crippen LogP contribution in [-0.4, -0.2) is 51.3 Å². The molecule has 0 aromatic heterocycles. The van der Waals surface area contributed by atoms with Gasteiger partial charge in [0.15, 0.2) is 11.5 Å². The summed E-state index contributed by atoms with van der Waals surface area (Å²) < 4.78 is 29.2. The van der Waals surface area contributed by atoms with Crippen LogP contribution in [0.4, 0.5) is 0 Å². The third-order valence-electron chi connectivity index (χ3n) is 2.71. The van der Waals surface area contributed by atoms with Crippen molar-refractivity contribution in [3.05, 3.63) is 23.8 Å². The smallest absolute Gasteiger partial charge is 0.214 e. The van der Waals surface area contributed by atoms with Crippen LogP contribution in [0.25, 0.3) is 0 Å². The number of phenolic OH excluding ortho intramolecular Hbond substituents is 1. The van der Waals surface area contributed by atoms with E-state index < -0.39 is 10.0 Å². The Morgan fingerprint density at radius 3 is 2.63 bits per heavy atom. The number of sulfonamides is 1. The predicted octanol–water partition coefficient (Wildman–Crippen LogP) is 0.382. The number of methoxy groups -OCH3 is 1. The maximum absolute atomic E-state index is 11.5. The highest BCUT2D eigenvalue weighted by Gasteiger charge is 2.13. The molecule has 0 unspecified atom stereocenters. The SMILES string of the molecule is COc1cccc(CNCCS(=O)(=O)N(C)C)c1O. The fraction of sp³-hybridized carbons (Fsp3) is 0.500. The summed E-state index contributed by atoms with van der Waals surface area (Å²) in [7, 11) is 1.30. The number of hydrogen-bond donors (Lipinski definition) is 2. The Morgan fingerprint density at radius 2 is 2.05 bits per heavy atom. The molecular formula is C12H20N2O4S. The lowest BCUT2D eigenvalue weighted by atomic mass is 10.2. The first kappa shape index (κ1) is 15.7. The fourth-order valence-electron chi connectivity index (χ4n) is 1.48. The minimum Gasteiger partial charge on any atom is -0.504 e. The monoisotopic (exact) mass is 288 g/mol. The van der Waals surface area contributed by atoms with Crippen molar-refractivity contribution in [3.8, 4) is 11.5 Å². The number of aromatic hydroxyl groups is 1. The molecule has 0 heterocycles. The van der Waals surface area contributed by atoms with Crippen LogP contribution >= 0.6 is 0 Å². The molecule has 1 aromatic rings. The number of benzene rings is 1. The van der Waals surface area contributed by atoms with Crippen molar-refractivity contribution in [2.24, 2.45) is 0 Å². The number of ether oxygens (including phenoxy) is 1. The Hall–Kier alpha value is -1.31. The Bertz CT molecular complexity index is 514. The normalized spacial score (nSPS) is 11.8. The number of nitrogens with one attached hydrogen (secondary N) is 1. The van der Waals surface area contributed by atoms with E-state index >= 15 is 0 Å². The van der Waals surface area contributed by atoms with Gasteiger partial charge in [0.25, 0.3) is 0 Å². The molecule has 1 rings (SSSR count). The minimum atomic E-state index is -3.19. The van der Waals surface area contributed by atoms with E-state index in [0.717, 1.165) is 0 Å². The van der Waals surface area contributed by atoms with Gasteiger partial charge in [-0.1, -0.05) is 12.1 Å². The summed E-state index contributed by atoms with van der Waals surface area (Å²) in [6.45, 7) is 0.698. The minimum absolute atomic E-state index is 0.0186. The van der Waals surface area contributed by atoms with E-state index in [-0.39, 0.29) is 11.5 Å². The number of rotatable bonds is 7. The van der Waals surface area contributed by atoms with Crippen molar-refractivity contribution in [1.29, 1.82) is 0 Å². The van der Waals surface area contributed by atoms with Gasteiger partial charge < -0.3 is 15.2 Å². The maximum atomic E-state index is 11.5. The van der Waals surface area contributed by atoms with Crippen molar-refractivity contribution in [1.82, 2.24) is 9.62 Å². The van der Waals surface area contributed by atoms with E-state index in [9.17, 15) is 13.5 Å². The van der Waals surface area contributed by atoms with E-state index in [1.165, 1.54) is 25.5 Å². The summed E-state index contributed by atoms with van der Waals surface area (Å²) >= 11 is 0. The maximum Gasteiger partial charge on any atom is 0.214 e. The van der Waals surface area contributed by atoms with Gasteiger partial charge in [0.05, 0.1) is 12.9 Å². The van der Waals surface area contributed by atoms with Gasteiger partial charge in [0.2, 0.25) is 10.0 Å². The van der Waals surface area contributed by atoms with E-state index in [4.69, 9.17) is 4.74 Å². The number of phenols is 1. The second kappa shape index (κ2) is 6.74. The highest BCUT2D eigenvalue weighted by Crippen LogP contribution is 2.28. The fourth-order valence-corrected chi connectivity index (χ4v) is 2.25. The van der Waals surface area contributed by atoms with Gasteiger partial charge in [0, 0.05) is 32.7 Å². The average Bonchev–Trinajstić information content (AvgIpc) is 2.36. The summed E-state index contributed by atoms with van der Waals surface area (Å²) in [6.07, 6.45) is 0. The van der Waals surface area contributed by atoms with Crippen molar-refractivity contribution >= 4 is 10.0 Å². The van der Waals surface area contributed by atoms with Gasteiger partial charge in [-0.2, -0.15) is 0 Å². The highest BCUT2D eigenvalue weighted by molar-refractivity contribution is 7.89. The zero-order valence-electron chi connectivity index (χ0n) is 11.4. The molecule has 0 aliphatic carbocycles. The molecule has 0 fully saturated rings. The number of hydrogen-bond acceptors (Lipinski definition) is 5. The van der Waals surface area contributed by atoms with Crippen molar-refractivity contribution in [3.63, 3.8) is 0 Å². The van der Waals surface area contributed by atoms with Gasteiger partial charge in [-0.25, -0.2) is 12.7 Å². The largest absolute Gasteiger partial charge is 0.504 e. The van der Waals surface area contributed by atoms with Crippen LogP contribution in [0.1, 0.15) is 5.56 Å². The lowest BCUT2D eigenvalue weighted by Gasteiger charge is -2.12. The van der Waals surface area contributed by atoms with Gasteiger partial charge in [0.1, 0.15) is 0 Å². The van der Waals surface area contributed by atoms with E-state index in [0.29, 0.717) is 24.4 Å². The molecule has 0 aliphatic heterocycles. The van der Waals surface area contributed by atoms with Crippen LogP contribution in [-0.2, 0) is 16.6 Å². The average molecular weight is 288 g/mol. The van der Waals surface area contributed by atoms with Gasteiger partial charge in [-0.3, -0.25) is 0 Å². The summed E-state index contributed by atoms with van der Waals surface area (Å²) in [6, 6.07) is 5.19. The molecule has 7 heteroatoms. The Balaban J connectivity index is 2.51. The molecule has 1 aromatic carbocycles. The van der Waals surface area contributed by atoms with Crippen LogP contribution in [0.15, 0.2) is 18.2 Å². The van der Waals surface area contributed by atoms with Crippen LogP contribution in [0.3, 0.4) is 0 Å². The highest BCUT2D eigenvalue weighted by atomic mass is 32.2. The second-order valence-corrected chi connectivity index (χ2v) is 6.55. The second-order valence-electron chi connectivity index (χ2n) is 4.24. The first-order valence-corrected chi connectivity index (χ1v) is 7.45. The number of para-hydroxylation sites is 1. The summed E-state index contributed by atoms with van der Waals surface area (Å²) in [5, 5.41) is 12.8. The summed E-state index contributed by atoms with van der Waals surface area (Å²) in [4.78, 5) is 0. The standard InChI is InChI=1S/C12H20N2O4S/c1-14(2)19(16,17)8-7-13-9-10-5-4-6-11(18-3)12(10)15/h4-6,13,15H,7-9H2,1-3H3. The van der Waals surface area contributed by atoms with E-state index in [2.05, 4.69) is 5.32 Å². The molecule has 0 saturated heterocycles. The first-order chi connectivity index (χ1) is 8.88. The van der Waals surface area contributed by atoms with Crippen LogP contribution in [0.5, 0.6) is 11.5 Å². The quantitative estimate of drug-likeness (QED) is 0.709. The van der Waals surface area contributed by atoms with Crippen LogP contribution < -0.4 is 10.1 Å². The molecule has 0 amide bonds. The molecule has 0 saturated carbocycles. The topological polar surface area (TPSA) is 78.9 Å².